The third-order valence-corrected chi connectivity index (χ3v) is 4.39. The summed E-state index contributed by atoms with van der Waals surface area (Å²) in [7, 11) is 1.36. The molecule has 1 aromatic heterocycles. The molecule has 1 aliphatic heterocycles. The van der Waals surface area contributed by atoms with Gasteiger partial charge in [0.05, 0.1) is 7.11 Å². The second-order valence-electron chi connectivity index (χ2n) is 6.25. The van der Waals surface area contributed by atoms with E-state index in [1.54, 1.807) is 9.80 Å². The molecular weight excluding hydrogens is 350 g/mol. The molecule has 2 heterocycles. The highest BCUT2D eigenvalue weighted by molar-refractivity contribution is 5.92. The Kier molecular flexibility index (Phi) is 5.44. The fourth-order valence-electron chi connectivity index (χ4n) is 2.77. The molecule has 0 atom stereocenters. The van der Waals surface area contributed by atoms with Crippen LogP contribution in [-0.2, 0) is 0 Å². The van der Waals surface area contributed by atoms with Crippen LogP contribution in [0, 0.1) is 6.92 Å². The Morgan fingerprint density at radius 3 is 2.30 bits per heavy atom. The molecule has 0 bridgehead atoms. The maximum absolute atomic E-state index is 12.5. The Labute approximate surface area is 156 Å². The van der Waals surface area contributed by atoms with Crippen molar-refractivity contribution in [1.29, 1.82) is 0 Å². The van der Waals surface area contributed by atoms with Gasteiger partial charge in [-0.25, -0.2) is 4.79 Å². The van der Waals surface area contributed by atoms with Gasteiger partial charge in [0.1, 0.15) is 6.26 Å². The van der Waals surface area contributed by atoms with E-state index in [0.29, 0.717) is 26.2 Å². The molecule has 8 nitrogen and oxygen atoms in total. The molecule has 0 saturated carbocycles. The fourth-order valence-corrected chi connectivity index (χ4v) is 2.77. The van der Waals surface area contributed by atoms with Gasteiger partial charge in [0.2, 0.25) is 11.2 Å². The Balaban J connectivity index is 1.57. The van der Waals surface area contributed by atoms with Crippen LogP contribution in [0.4, 0.5) is 10.5 Å². The summed E-state index contributed by atoms with van der Waals surface area (Å²) in [5.41, 5.74) is 1.43. The lowest BCUT2D eigenvalue weighted by Gasteiger charge is -2.34. The molecule has 1 fully saturated rings. The number of hydrogen-bond acceptors (Lipinski definition) is 5. The van der Waals surface area contributed by atoms with E-state index >= 15 is 0 Å². The first-order valence-electron chi connectivity index (χ1n) is 8.56. The molecule has 27 heavy (non-hydrogen) atoms. The van der Waals surface area contributed by atoms with Gasteiger partial charge in [0.25, 0.3) is 5.91 Å². The van der Waals surface area contributed by atoms with Gasteiger partial charge in [-0.3, -0.25) is 9.59 Å². The lowest BCUT2D eigenvalue weighted by atomic mass is 10.2. The van der Waals surface area contributed by atoms with E-state index < -0.39 is 5.43 Å². The zero-order valence-electron chi connectivity index (χ0n) is 15.2. The number of benzene rings is 1. The molecular formula is C19H21N3O5. The summed E-state index contributed by atoms with van der Waals surface area (Å²) < 4.78 is 10.0. The number of anilines is 1. The van der Waals surface area contributed by atoms with Crippen LogP contribution in [0.1, 0.15) is 16.1 Å². The zero-order chi connectivity index (χ0) is 19.4. The molecule has 1 N–H and O–H groups in total. The largest absolute Gasteiger partial charge is 0.490 e. The predicted octanol–water partition coefficient (Wildman–Crippen LogP) is 1.95. The van der Waals surface area contributed by atoms with Crippen molar-refractivity contribution in [2.45, 2.75) is 6.92 Å². The third-order valence-electron chi connectivity index (χ3n) is 4.39. The number of rotatable bonds is 3. The number of carbonyl (C=O) groups is 2. The minimum atomic E-state index is -0.414. The van der Waals surface area contributed by atoms with Gasteiger partial charge < -0.3 is 24.3 Å². The van der Waals surface area contributed by atoms with Gasteiger partial charge in [-0.05, 0) is 19.1 Å². The van der Waals surface area contributed by atoms with Gasteiger partial charge in [0.15, 0.2) is 5.76 Å². The number of methoxy groups -OCH3 is 1. The number of piperazine rings is 1. The summed E-state index contributed by atoms with van der Waals surface area (Å²) in [6.07, 6.45) is 1.13. The minimum Gasteiger partial charge on any atom is -0.490 e. The van der Waals surface area contributed by atoms with E-state index in [9.17, 15) is 14.4 Å². The van der Waals surface area contributed by atoms with Crippen molar-refractivity contribution in [2.75, 3.05) is 38.6 Å². The second kappa shape index (κ2) is 7.94. The van der Waals surface area contributed by atoms with Crippen molar-refractivity contribution in [3.05, 3.63) is 58.1 Å². The number of hydrogen-bond donors (Lipinski definition) is 1. The summed E-state index contributed by atoms with van der Waals surface area (Å²) in [5, 5.41) is 2.84. The standard InChI is InChI=1S/C19H21N3O5/c1-13-3-5-14(6-4-13)20-19(25)22-9-7-21(8-10-22)18(24)16-11-15(23)17(26-2)12-27-16/h3-6,11-12H,7-10H2,1-2H3,(H,20,25). The van der Waals surface area contributed by atoms with Crippen LogP contribution >= 0.6 is 0 Å². The first kappa shape index (κ1) is 18.5. The number of carbonyl (C=O) groups excluding carboxylic acids is 2. The first-order chi connectivity index (χ1) is 13.0. The maximum atomic E-state index is 12.5. The van der Waals surface area contributed by atoms with Crippen molar-refractivity contribution in [2.24, 2.45) is 0 Å². The summed E-state index contributed by atoms with van der Waals surface area (Å²) in [5.74, 6) is -0.379. The normalized spacial score (nSPS) is 14.0. The number of aryl methyl sites for hydroxylation is 1. The maximum Gasteiger partial charge on any atom is 0.321 e. The van der Waals surface area contributed by atoms with E-state index in [2.05, 4.69) is 5.32 Å². The van der Waals surface area contributed by atoms with Crippen LogP contribution in [0.25, 0.3) is 0 Å². The predicted molar refractivity (Wildman–Crippen MR) is 99.2 cm³/mol. The number of ether oxygens (including phenoxy) is 1. The van der Waals surface area contributed by atoms with Crippen LogP contribution in [0.15, 0.2) is 45.8 Å². The SMILES string of the molecule is COc1coc(C(=O)N2CCN(C(=O)Nc3ccc(C)cc3)CC2)cc1=O. The van der Waals surface area contributed by atoms with E-state index in [0.717, 1.165) is 23.6 Å². The monoisotopic (exact) mass is 371 g/mol. The van der Waals surface area contributed by atoms with E-state index in [1.807, 2.05) is 31.2 Å². The van der Waals surface area contributed by atoms with Crippen molar-refractivity contribution in [3.63, 3.8) is 0 Å². The highest BCUT2D eigenvalue weighted by Gasteiger charge is 2.26. The van der Waals surface area contributed by atoms with Crippen LogP contribution in [0.2, 0.25) is 0 Å². The van der Waals surface area contributed by atoms with Crippen molar-refractivity contribution in [3.8, 4) is 5.75 Å². The number of urea groups is 1. The lowest BCUT2D eigenvalue weighted by Crippen LogP contribution is -2.51. The lowest BCUT2D eigenvalue weighted by molar-refractivity contribution is 0.0637. The number of nitrogens with one attached hydrogen (secondary N) is 1. The van der Waals surface area contributed by atoms with E-state index in [1.165, 1.54) is 7.11 Å². The van der Waals surface area contributed by atoms with E-state index in [-0.39, 0.29) is 23.4 Å². The molecule has 2 aromatic rings. The molecule has 0 radical (unpaired) electrons. The van der Waals surface area contributed by atoms with Crippen LogP contribution < -0.4 is 15.5 Å². The second-order valence-corrected chi connectivity index (χ2v) is 6.25. The summed E-state index contributed by atoms with van der Waals surface area (Å²) >= 11 is 0. The topological polar surface area (TPSA) is 92.1 Å². The van der Waals surface area contributed by atoms with Gasteiger partial charge in [0, 0.05) is 37.9 Å². The number of amides is 3. The van der Waals surface area contributed by atoms with Gasteiger partial charge >= 0.3 is 6.03 Å². The quantitative estimate of drug-likeness (QED) is 0.890. The van der Waals surface area contributed by atoms with Gasteiger partial charge in [-0.1, -0.05) is 17.7 Å². The zero-order valence-corrected chi connectivity index (χ0v) is 15.2. The molecule has 142 valence electrons. The Hall–Kier alpha value is -3.29. The summed E-state index contributed by atoms with van der Waals surface area (Å²) in [6.45, 7) is 3.48. The average Bonchev–Trinajstić information content (AvgIpc) is 2.69. The molecule has 1 aromatic carbocycles. The molecule has 0 spiro atoms. The summed E-state index contributed by atoms with van der Waals surface area (Å²) in [6, 6.07) is 8.46. The molecule has 1 saturated heterocycles. The highest BCUT2D eigenvalue weighted by Crippen LogP contribution is 2.13. The smallest absolute Gasteiger partial charge is 0.321 e. The van der Waals surface area contributed by atoms with Crippen molar-refractivity contribution in [1.82, 2.24) is 9.80 Å². The van der Waals surface area contributed by atoms with Gasteiger partial charge in [-0.15, -0.1) is 0 Å². The molecule has 0 aliphatic carbocycles. The van der Waals surface area contributed by atoms with Crippen LogP contribution in [0.3, 0.4) is 0 Å². The summed E-state index contributed by atoms with van der Waals surface area (Å²) in [4.78, 5) is 39.8. The molecule has 3 amide bonds. The van der Waals surface area contributed by atoms with E-state index in [4.69, 9.17) is 9.15 Å². The van der Waals surface area contributed by atoms with Crippen molar-refractivity contribution >= 4 is 17.6 Å². The molecule has 8 heteroatoms. The Bertz CT molecular complexity index is 883. The van der Waals surface area contributed by atoms with Crippen LogP contribution in [0.5, 0.6) is 5.75 Å². The fraction of sp³-hybridized carbons (Fsp3) is 0.316. The minimum absolute atomic E-state index is 0.0432. The molecule has 3 rings (SSSR count). The Morgan fingerprint density at radius 2 is 1.70 bits per heavy atom. The number of nitrogens with zero attached hydrogens (tertiary/aromatic N) is 2. The molecule has 1 aliphatic rings. The van der Waals surface area contributed by atoms with Gasteiger partial charge in [-0.2, -0.15) is 0 Å². The molecule has 0 unspecified atom stereocenters. The van der Waals surface area contributed by atoms with Crippen molar-refractivity contribution < 1.29 is 18.7 Å². The third kappa shape index (κ3) is 4.28. The average molecular weight is 371 g/mol. The first-order valence-corrected chi connectivity index (χ1v) is 8.56. The Morgan fingerprint density at radius 1 is 1.07 bits per heavy atom. The highest BCUT2D eigenvalue weighted by atomic mass is 16.5. The van der Waals surface area contributed by atoms with Crippen LogP contribution in [-0.4, -0.2) is 55.0 Å².